The lowest BCUT2D eigenvalue weighted by atomic mass is 10.1. The largest absolute Gasteiger partial charge is 0.396 e. The van der Waals surface area contributed by atoms with E-state index in [1.165, 1.54) is 6.07 Å². The molecule has 0 aliphatic carbocycles. The van der Waals surface area contributed by atoms with E-state index in [2.05, 4.69) is 20.3 Å². The van der Waals surface area contributed by atoms with Crippen molar-refractivity contribution in [2.75, 3.05) is 11.1 Å². The fraction of sp³-hybridized carbons (Fsp3) is 0.100. The van der Waals surface area contributed by atoms with Gasteiger partial charge in [0.15, 0.2) is 5.82 Å². The summed E-state index contributed by atoms with van der Waals surface area (Å²) < 4.78 is 27.7. The molecule has 3 aromatic heterocycles. The second kappa shape index (κ2) is 7.44. The molecule has 0 unspecified atom stereocenters. The number of H-pyrrole nitrogens is 1. The van der Waals surface area contributed by atoms with Crippen molar-refractivity contribution in [3.8, 4) is 0 Å². The number of aromatic amines is 1. The number of nitrogen functional groups attached to an aromatic ring is 1. The van der Waals surface area contributed by atoms with E-state index in [4.69, 9.17) is 17.3 Å². The van der Waals surface area contributed by atoms with Crippen LogP contribution in [0.25, 0.3) is 11.0 Å². The highest BCUT2D eigenvalue weighted by atomic mass is 35.5. The highest BCUT2D eigenvalue weighted by Crippen LogP contribution is 2.23. The monoisotopic (exact) mass is 399 g/mol. The van der Waals surface area contributed by atoms with Crippen molar-refractivity contribution in [3.05, 3.63) is 82.3 Å². The molecule has 0 saturated heterocycles. The van der Waals surface area contributed by atoms with Crippen LogP contribution in [0.2, 0.25) is 5.02 Å². The van der Waals surface area contributed by atoms with E-state index in [1.807, 2.05) is 18.3 Å². The van der Waals surface area contributed by atoms with Crippen molar-refractivity contribution in [1.82, 2.24) is 15.0 Å². The fourth-order valence-electron chi connectivity index (χ4n) is 2.99. The van der Waals surface area contributed by atoms with Crippen LogP contribution in [-0.4, -0.2) is 15.0 Å². The summed E-state index contributed by atoms with van der Waals surface area (Å²) in [6, 6.07) is 7.88. The fourth-order valence-corrected chi connectivity index (χ4v) is 3.15. The number of pyridine rings is 2. The number of benzene rings is 1. The number of nitrogens with zero attached hydrogens (tertiary/aromatic N) is 2. The van der Waals surface area contributed by atoms with Gasteiger partial charge < -0.3 is 16.0 Å². The maximum atomic E-state index is 14.0. The smallest absolute Gasteiger partial charge is 0.153 e. The first-order valence-corrected chi connectivity index (χ1v) is 8.91. The number of fused-ring (bicyclic) bond motifs is 1. The Morgan fingerprint density at radius 2 is 1.96 bits per heavy atom. The molecule has 3 heterocycles. The lowest BCUT2D eigenvalue weighted by Crippen LogP contribution is -2.07. The van der Waals surface area contributed by atoms with Crippen LogP contribution in [0.1, 0.15) is 16.7 Å². The van der Waals surface area contributed by atoms with E-state index in [0.29, 0.717) is 17.3 Å². The second-order valence-corrected chi connectivity index (χ2v) is 6.81. The summed E-state index contributed by atoms with van der Waals surface area (Å²) in [5.41, 5.74) is 8.09. The molecule has 4 aromatic rings. The van der Waals surface area contributed by atoms with Gasteiger partial charge in [-0.05, 0) is 35.4 Å². The second-order valence-electron chi connectivity index (χ2n) is 6.37. The van der Waals surface area contributed by atoms with Gasteiger partial charge in [-0.3, -0.25) is 0 Å². The standard InChI is InChI=1S/C20H16ClF2N5/c21-13-6-14-12(8-27-20(14)28-9-13)5-11-1-4-18(25-7-11)26-10-15-16(22)2-3-17(24)19(15)23/h1-4,6-9H,5,10,24H2,(H,25,26)(H,27,28). The van der Waals surface area contributed by atoms with Crippen LogP contribution in [0.15, 0.2) is 48.9 Å². The molecule has 0 atom stereocenters. The SMILES string of the molecule is Nc1ccc(F)c(CNc2ccc(Cc3c[nH]c4ncc(Cl)cc34)cn2)c1F. The van der Waals surface area contributed by atoms with Crippen molar-refractivity contribution in [2.45, 2.75) is 13.0 Å². The Bertz CT molecular complexity index is 1140. The molecule has 0 fully saturated rings. The summed E-state index contributed by atoms with van der Waals surface area (Å²) in [4.78, 5) is 11.7. The Labute approximate surface area is 164 Å². The Kier molecular flexibility index (Phi) is 4.83. The topological polar surface area (TPSA) is 79.6 Å². The minimum absolute atomic E-state index is 0.0539. The molecular weight excluding hydrogens is 384 g/mol. The van der Waals surface area contributed by atoms with Crippen LogP contribution in [0.5, 0.6) is 0 Å². The summed E-state index contributed by atoms with van der Waals surface area (Å²) in [6.07, 6.45) is 5.85. The van der Waals surface area contributed by atoms with Crippen LogP contribution in [-0.2, 0) is 13.0 Å². The lowest BCUT2D eigenvalue weighted by Gasteiger charge is -2.10. The number of rotatable bonds is 5. The van der Waals surface area contributed by atoms with Crippen molar-refractivity contribution in [2.24, 2.45) is 0 Å². The zero-order chi connectivity index (χ0) is 19.7. The van der Waals surface area contributed by atoms with E-state index >= 15 is 0 Å². The van der Waals surface area contributed by atoms with Gasteiger partial charge in [-0.1, -0.05) is 17.7 Å². The van der Waals surface area contributed by atoms with Crippen LogP contribution >= 0.6 is 11.6 Å². The summed E-state index contributed by atoms with van der Waals surface area (Å²) >= 11 is 6.03. The number of nitrogens with one attached hydrogen (secondary N) is 2. The minimum atomic E-state index is -0.754. The molecule has 0 saturated carbocycles. The van der Waals surface area contributed by atoms with Gasteiger partial charge in [0.1, 0.15) is 17.3 Å². The van der Waals surface area contributed by atoms with Crippen molar-refractivity contribution >= 4 is 34.1 Å². The first kappa shape index (κ1) is 18.2. The zero-order valence-electron chi connectivity index (χ0n) is 14.6. The maximum absolute atomic E-state index is 14.0. The molecule has 5 nitrogen and oxygen atoms in total. The molecule has 0 amide bonds. The number of halogens is 3. The summed E-state index contributed by atoms with van der Waals surface area (Å²) in [6.45, 7) is -0.0539. The van der Waals surface area contributed by atoms with E-state index in [-0.39, 0.29) is 17.8 Å². The van der Waals surface area contributed by atoms with Crippen LogP contribution in [0.4, 0.5) is 20.3 Å². The van der Waals surface area contributed by atoms with E-state index in [0.717, 1.165) is 28.2 Å². The average molecular weight is 400 g/mol. The Hall–Kier alpha value is -3.19. The summed E-state index contributed by atoms with van der Waals surface area (Å²) in [5, 5.41) is 4.45. The van der Waals surface area contributed by atoms with Crippen LogP contribution < -0.4 is 11.1 Å². The number of aromatic nitrogens is 3. The van der Waals surface area contributed by atoms with Crippen LogP contribution in [0, 0.1) is 11.6 Å². The van der Waals surface area contributed by atoms with Gasteiger partial charge in [0.05, 0.1) is 10.7 Å². The zero-order valence-corrected chi connectivity index (χ0v) is 15.4. The Balaban J connectivity index is 1.47. The van der Waals surface area contributed by atoms with Gasteiger partial charge in [-0.25, -0.2) is 18.7 Å². The third-order valence-corrected chi connectivity index (χ3v) is 4.67. The minimum Gasteiger partial charge on any atom is -0.396 e. The predicted molar refractivity (Wildman–Crippen MR) is 106 cm³/mol. The third-order valence-electron chi connectivity index (χ3n) is 4.46. The average Bonchev–Trinajstić information content (AvgIpc) is 3.08. The molecule has 0 aliphatic rings. The lowest BCUT2D eigenvalue weighted by molar-refractivity contribution is 0.563. The first-order valence-electron chi connectivity index (χ1n) is 8.54. The number of hydrogen-bond donors (Lipinski definition) is 3. The molecule has 0 radical (unpaired) electrons. The normalized spacial score (nSPS) is 11.1. The van der Waals surface area contributed by atoms with Crippen molar-refractivity contribution in [1.29, 1.82) is 0 Å². The van der Waals surface area contributed by atoms with Crippen molar-refractivity contribution in [3.63, 3.8) is 0 Å². The molecule has 28 heavy (non-hydrogen) atoms. The van der Waals surface area contributed by atoms with Gasteiger partial charge in [0.25, 0.3) is 0 Å². The maximum Gasteiger partial charge on any atom is 0.153 e. The molecule has 4 rings (SSSR count). The number of anilines is 2. The molecule has 0 aliphatic heterocycles. The molecular formula is C20H16ClF2N5. The number of nitrogens with two attached hydrogens (primary N) is 1. The Morgan fingerprint density at radius 3 is 2.75 bits per heavy atom. The van der Waals surface area contributed by atoms with E-state index in [1.54, 1.807) is 18.5 Å². The van der Waals surface area contributed by atoms with E-state index < -0.39 is 11.6 Å². The summed E-state index contributed by atoms with van der Waals surface area (Å²) in [7, 11) is 0. The van der Waals surface area contributed by atoms with Gasteiger partial charge in [-0.15, -0.1) is 0 Å². The predicted octanol–water partition coefficient (Wildman–Crippen LogP) is 4.67. The Morgan fingerprint density at radius 1 is 1.11 bits per heavy atom. The molecule has 8 heteroatoms. The highest BCUT2D eigenvalue weighted by Gasteiger charge is 2.12. The van der Waals surface area contributed by atoms with Gasteiger partial charge in [-0.2, -0.15) is 0 Å². The van der Waals surface area contributed by atoms with Crippen molar-refractivity contribution < 1.29 is 8.78 Å². The quantitative estimate of drug-likeness (QED) is 0.426. The molecule has 0 bridgehead atoms. The van der Waals surface area contributed by atoms with E-state index in [9.17, 15) is 8.78 Å². The van der Waals surface area contributed by atoms with Gasteiger partial charge in [0, 0.05) is 42.5 Å². The molecule has 142 valence electrons. The van der Waals surface area contributed by atoms with Gasteiger partial charge in [0.2, 0.25) is 0 Å². The summed E-state index contributed by atoms with van der Waals surface area (Å²) in [5.74, 6) is -0.897. The molecule has 4 N–H and O–H groups in total. The van der Waals surface area contributed by atoms with Gasteiger partial charge >= 0.3 is 0 Å². The highest BCUT2D eigenvalue weighted by molar-refractivity contribution is 6.31. The molecule has 1 aromatic carbocycles. The van der Waals surface area contributed by atoms with Crippen LogP contribution in [0.3, 0.4) is 0 Å². The third kappa shape index (κ3) is 3.61. The molecule has 0 spiro atoms. The first-order chi connectivity index (χ1) is 13.5. The number of hydrogen-bond acceptors (Lipinski definition) is 4.